The molecule has 0 aliphatic heterocycles. The van der Waals surface area contributed by atoms with Crippen LogP contribution in [0.1, 0.15) is 0 Å². The highest BCUT2D eigenvalue weighted by molar-refractivity contribution is 5.82. The summed E-state index contributed by atoms with van der Waals surface area (Å²) in [7, 11) is 0. The van der Waals surface area contributed by atoms with Gasteiger partial charge >= 0.3 is 0 Å². The predicted molar refractivity (Wildman–Crippen MR) is 75.6 cm³/mol. The van der Waals surface area contributed by atoms with Gasteiger partial charge in [0, 0.05) is 0 Å². The summed E-state index contributed by atoms with van der Waals surface area (Å²) >= 11 is 0. The van der Waals surface area contributed by atoms with E-state index in [9.17, 15) is 0 Å². The standard InChI is InChI=1S/C10H8.C5H4N4/c1-2-6-10-8-4-3-7-9(10)5-1;1-4-5(8-2-6-1)9-3-7-4/h1-8H;1-3H,(H,6,7,8,9). The maximum atomic E-state index is 3.91. The van der Waals surface area contributed by atoms with Crippen LogP contribution in [-0.4, -0.2) is 19.9 Å². The Kier molecular flexibility index (Phi) is 3.14. The lowest BCUT2D eigenvalue weighted by molar-refractivity contribution is 1.20. The quantitative estimate of drug-likeness (QED) is 0.520. The number of rotatable bonds is 0. The topological polar surface area (TPSA) is 54.5 Å². The number of benzene rings is 2. The molecule has 2 aromatic heterocycles. The molecule has 0 saturated carbocycles. The molecule has 0 radical (unpaired) electrons. The van der Waals surface area contributed by atoms with Crippen LogP contribution in [-0.2, 0) is 0 Å². The van der Waals surface area contributed by atoms with E-state index in [4.69, 9.17) is 0 Å². The molecule has 92 valence electrons. The molecule has 4 nitrogen and oxygen atoms in total. The Morgan fingerprint density at radius 3 is 2.00 bits per heavy atom. The predicted octanol–water partition coefficient (Wildman–Crippen LogP) is 3.19. The zero-order chi connectivity index (χ0) is 12.9. The lowest BCUT2D eigenvalue weighted by atomic mass is 10.1. The van der Waals surface area contributed by atoms with Crippen molar-refractivity contribution in [1.82, 2.24) is 19.9 Å². The number of aromatic nitrogens is 4. The van der Waals surface area contributed by atoms with Crippen LogP contribution < -0.4 is 0 Å². The highest BCUT2D eigenvalue weighted by atomic mass is 15.0. The molecular weight excluding hydrogens is 236 g/mol. The first-order valence-electron chi connectivity index (χ1n) is 5.96. The van der Waals surface area contributed by atoms with Crippen molar-refractivity contribution < 1.29 is 0 Å². The largest absolute Gasteiger partial charge is 0.342 e. The van der Waals surface area contributed by atoms with Crippen LogP contribution in [0.4, 0.5) is 0 Å². The van der Waals surface area contributed by atoms with E-state index >= 15 is 0 Å². The van der Waals surface area contributed by atoms with E-state index in [0.29, 0.717) is 5.65 Å². The molecule has 0 unspecified atom stereocenters. The first-order chi connectivity index (χ1) is 9.43. The van der Waals surface area contributed by atoms with Gasteiger partial charge in [-0.3, -0.25) is 0 Å². The molecule has 0 saturated heterocycles. The zero-order valence-corrected chi connectivity index (χ0v) is 10.2. The second kappa shape index (κ2) is 5.27. The summed E-state index contributed by atoms with van der Waals surface area (Å²) in [5, 5.41) is 2.62. The summed E-state index contributed by atoms with van der Waals surface area (Å²) < 4.78 is 0. The number of imidazole rings is 1. The van der Waals surface area contributed by atoms with Gasteiger partial charge in [-0.2, -0.15) is 0 Å². The van der Waals surface area contributed by atoms with E-state index in [1.54, 1.807) is 12.5 Å². The summed E-state index contributed by atoms with van der Waals surface area (Å²) in [5.74, 6) is 0. The van der Waals surface area contributed by atoms with Crippen LogP contribution in [0.3, 0.4) is 0 Å². The molecule has 0 aliphatic rings. The van der Waals surface area contributed by atoms with Gasteiger partial charge in [-0.25, -0.2) is 15.0 Å². The molecule has 4 heteroatoms. The number of nitrogens with zero attached hydrogens (tertiary/aromatic N) is 3. The number of nitrogens with one attached hydrogen (secondary N) is 1. The first kappa shape index (κ1) is 11.3. The van der Waals surface area contributed by atoms with Gasteiger partial charge in [-0.1, -0.05) is 48.5 Å². The fraction of sp³-hybridized carbons (Fsp3) is 0. The smallest absolute Gasteiger partial charge is 0.180 e. The van der Waals surface area contributed by atoms with E-state index in [-0.39, 0.29) is 0 Å². The maximum absolute atomic E-state index is 3.91. The molecule has 2 aromatic carbocycles. The number of H-pyrrole nitrogens is 1. The minimum atomic E-state index is 0.713. The maximum Gasteiger partial charge on any atom is 0.180 e. The van der Waals surface area contributed by atoms with Gasteiger partial charge in [0.1, 0.15) is 11.8 Å². The summed E-state index contributed by atoms with van der Waals surface area (Å²) in [6.07, 6.45) is 4.76. The van der Waals surface area contributed by atoms with Crippen molar-refractivity contribution in [2.45, 2.75) is 0 Å². The normalized spacial score (nSPS) is 10.1. The SMILES string of the molecule is c1ccc2ccccc2c1.c1ncc2[nH]cnc2n1. The van der Waals surface area contributed by atoms with Gasteiger partial charge in [-0.05, 0) is 10.8 Å². The molecule has 0 amide bonds. The van der Waals surface area contributed by atoms with Gasteiger partial charge in [0.25, 0.3) is 0 Å². The number of aromatic amines is 1. The van der Waals surface area contributed by atoms with E-state index in [1.165, 1.54) is 17.1 Å². The molecule has 4 rings (SSSR count). The Hall–Kier alpha value is -2.75. The highest BCUT2D eigenvalue weighted by Crippen LogP contribution is 2.11. The summed E-state index contributed by atoms with van der Waals surface area (Å²) in [5.41, 5.74) is 1.59. The van der Waals surface area contributed by atoms with Crippen LogP contribution in [0.2, 0.25) is 0 Å². The molecular formula is C15H12N4. The molecule has 0 atom stereocenters. The third kappa shape index (κ3) is 2.57. The van der Waals surface area contributed by atoms with E-state index in [0.717, 1.165) is 5.52 Å². The molecule has 0 fully saturated rings. The zero-order valence-electron chi connectivity index (χ0n) is 10.2. The van der Waals surface area contributed by atoms with E-state index < -0.39 is 0 Å². The van der Waals surface area contributed by atoms with Crippen LogP contribution >= 0.6 is 0 Å². The molecule has 2 heterocycles. The Balaban J connectivity index is 0.000000117. The number of hydrogen-bond donors (Lipinski definition) is 1. The minimum Gasteiger partial charge on any atom is -0.342 e. The molecule has 19 heavy (non-hydrogen) atoms. The highest BCUT2D eigenvalue weighted by Gasteiger charge is 1.91. The van der Waals surface area contributed by atoms with Crippen molar-refractivity contribution in [3.05, 3.63) is 67.4 Å². The molecule has 1 N–H and O–H groups in total. The fourth-order valence-corrected chi connectivity index (χ4v) is 1.82. The van der Waals surface area contributed by atoms with Crippen molar-refractivity contribution in [2.24, 2.45) is 0 Å². The average molecular weight is 248 g/mol. The molecule has 0 spiro atoms. The second-order valence-electron chi connectivity index (χ2n) is 4.01. The molecule has 4 aromatic rings. The van der Waals surface area contributed by atoms with E-state index in [2.05, 4.69) is 68.5 Å². The van der Waals surface area contributed by atoms with Crippen molar-refractivity contribution >= 4 is 21.9 Å². The van der Waals surface area contributed by atoms with Crippen molar-refractivity contribution in [2.75, 3.05) is 0 Å². The Bertz CT molecular complexity index is 696. The third-order valence-corrected chi connectivity index (χ3v) is 2.76. The first-order valence-corrected chi connectivity index (χ1v) is 5.96. The van der Waals surface area contributed by atoms with E-state index in [1.807, 2.05) is 0 Å². The average Bonchev–Trinajstić information content (AvgIpc) is 2.96. The monoisotopic (exact) mass is 248 g/mol. The van der Waals surface area contributed by atoms with Crippen LogP contribution in [0.5, 0.6) is 0 Å². The van der Waals surface area contributed by atoms with Gasteiger partial charge in [0.15, 0.2) is 5.65 Å². The number of hydrogen-bond acceptors (Lipinski definition) is 3. The van der Waals surface area contributed by atoms with Crippen LogP contribution in [0, 0.1) is 0 Å². The van der Waals surface area contributed by atoms with Crippen LogP contribution in [0.25, 0.3) is 21.9 Å². The molecule has 0 aliphatic carbocycles. The van der Waals surface area contributed by atoms with Crippen LogP contribution in [0.15, 0.2) is 67.4 Å². The summed E-state index contributed by atoms with van der Waals surface area (Å²) in [4.78, 5) is 14.5. The van der Waals surface area contributed by atoms with Crippen molar-refractivity contribution in [3.8, 4) is 0 Å². The van der Waals surface area contributed by atoms with Gasteiger partial charge in [-0.15, -0.1) is 0 Å². The summed E-state index contributed by atoms with van der Waals surface area (Å²) in [6, 6.07) is 16.7. The van der Waals surface area contributed by atoms with Crippen molar-refractivity contribution in [3.63, 3.8) is 0 Å². The minimum absolute atomic E-state index is 0.713. The molecule has 0 bridgehead atoms. The Morgan fingerprint density at radius 2 is 1.42 bits per heavy atom. The fourth-order valence-electron chi connectivity index (χ4n) is 1.82. The number of fused-ring (bicyclic) bond motifs is 2. The Labute approximate surface area is 110 Å². The Morgan fingerprint density at radius 1 is 0.789 bits per heavy atom. The van der Waals surface area contributed by atoms with Crippen molar-refractivity contribution in [1.29, 1.82) is 0 Å². The summed E-state index contributed by atoms with van der Waals surface area (Å²) in [6.45, 7) is 0. The van der Waals surface area contributed by atoms with Gasteiger partial charge < -0.3 is 4.98 Å². The lowest BCUT2D eigenvalue weighted by Crippen LogP contribution is -1.76. The second-order valence-corrected chi connectivity index (χ2v) is 4.01. The van der Waals surface area contributed by atoms with Gasteiger partial charge in [0.05, 0.1) is 12.5 Å². The lowest BCUT2D eigenvalue weighted by Gasteiger charge is -1.92. The third-order valence-electron chi connectivity index (χ3n) is 2.76. The van der Waals surface area contributed by atoms with Gasteiger partial charge in [0.2, 0.25) is 0 Å².